The number of hydrogen-bond acceptors (Lipinski definition) is 2. The molecule has 1 unspecified atom stereocenters. The summed E-state index contributed by atoms with van der Waals surface area (Å²) < 4.78 is 3.45. The van der Waals surface area contributed by atoms with Gasteiger partial charge in [0.1, 0.15) is 5.15 Å². The van der Waals surface area contributed by atoms with Gasteiger partial charge < -0.3 is 5.11 Å². The Morgan fingerprint density at radius 2 is 2.11 bits per heavy atom. The number of halogens is 3. The maximum Gasteiger partial charge on any atom is 0.130 e. The molecule has 102 valence electrons. The molecule has 0 saturated heterocycles. The molecule has 1 aromatic carbocycles. The standard InChI is InChI=1S/C13H13Br2ClN2O/c1-7-10(13(16)18(2)17-7)6-12(19)9-4-3-8(14)5-11(9)15/h3-5,12,19H,6H2,1-2H3. The van der Waals surface area contributed by atoms with Gasteiger partial charge in [-0.05, 0) is 24.6 Å². The molecule has 19 heavy (non-hydrogen) atoms. The smallest absolute Gasteiger partial charge is 0.130 e. The molecule has 0 aliphatic heterocycles. The van der Waals surface area contributed by atoms with Crippen molar-refractivity contribution in [1.82, 2.24) is 9.78 Å². The van der Waals surface area contributed by atoms with Crippen LogP contribution in [-0.2, 0) is 13.5 Å². The topological polar surface area (TPSA) is 38.0 Å². The van der Waals surface area contributed by atoms with E-state index in [0.717, 1.165) is 25.8 Å². The van der Waals surface area contributed by atoms with E-state index < -0.39 is 6.10 Å². The number of aliphatic hydroxyl groups is 1. The zero-order valence-corrected chi connectivity index (χ0v) is 14.4. The molecule has 0 bridgehead atoms. The van der Waals surface area contributed by atoms with Gasteiger partial charge in [0.15, 0.2) is 0 Å². The van der Waals surface area contributed by atoms with Crippen molar-refractivity contribution in [2.24, 2.45) is 7.05 Å². The van der Waals surface area contributed by atoms with Crippen LogP contribution in [0.1, 0.15) is 22.9 Å². The molecule has 2 aromatic rings. The van der Waals surface area contributed by atoms with Gasteiger partial charge in [-0.2, -0.15) is 5.10 Å². The van der Waals surface area contributed by atoms with Crippen LogP contribution in [0.4, 0.5) is 0 Å². The highest BCUT2D eigenvalue weighted by molar-refractivity contribution is 9.11. The van der Waals surface area contributed by atoms with Crippen LogP contribution in [0, 0.1) is 6.92 Å². The molecule has 2 rings (SSSR count). The molecular weight excluding hydrogens is 395 g/mol. The van der Waals surface area contributed by atoms with Gasteiger partial charge in [0, 0.05) is 28.0 Å². The summed E-state index contributed by atoms with van der Waals surface area (Å²) in [7, 11) is 1.79. The zero-order valence-electron chi connectivity index (χ0n) is 10.5. The molecule has 0 aliphatic rings. The van der Waals surface area contributed by atoms with E-state index in [-0.39, 0.29) is 0 Å². The van der Waals surface area contributed by atoms with Crippen LogP contribution in [0.2, 0.25) is 5.15 Å². The fourth-order valence-electron chi connectivity index (χ4n) is 1.98. The third-order valence-electron chi connectivity index (χ3n) is 2.99. The summed E-state index contributed by atoms with van der Waals surface area (Å²) in [6.07, 6.45) is -0.179. The Hall–Kier alpha value is -0.360. The average molecular weight is 409 g/mol. The fourth-order valence-corrected chi connectivity index (χ4v) is 3.54. The van der Waals surface area contributed by atoms with Crippen molar-refractivity contribution in [3.63, 3.8) is 0 Å². The van der Waals surface area contributed by atoms with Gasteiger partial charge >= 0.3 is 0 Å². The van der Waals surface area contributed by atoms with Gasteiger partial charge in [0.05, 0.1) is 11.8 Å². The van der Waals surface area contributed by atoms with Crippen molar-refractivity contribution < 1.29 is 5.11 Å². The third-order valence-corrected chi connectivity index (χ3v) is 4.64. The van der Waals surface area contributed by atoms with E-state index >= 15 is 0 Å². The average Bonchev–Trinajstić information content (AvgIpc) is 2.56. The molecule has 0 radical (unpaired) electrons. The molecule has 0 fully saturated rings. The number of nitrogens with zero attached hydrogens (tertiary/aromatic N) is 2. The van der Waals surface area contributed by atoms with Crippen molar-refractivity contribution in [1.29, 1.82) is 0 Å². The Balaban J connectivity index is 2.28. The molecule has 0 aliphatic carbocycles. The molecule has 0 spiro atoms. The van der Waals surface area contributed by atoms with E-state index in [0.29, 0.717) is 11.6 Å². The van der Waals surface area contributed by atoms with Crippen LogP contribution in [0.3, 0.4) is 0 Å². The molecule has 1 atom stereocenters. The summed E-state index contributed by atoms with van der Waals surface area (Å²) in [5, 5.41) is 15.2. The van der Waals surface area contributed by atoms with Crippen LogP contribution in [0.15, 0.2) is 27.1 Å². The lowest BCUT2D eigenvalue weighted by molar-refractivity contribution is 0.177. The Bertz CT molecular complexity index is 613. The Labute approximate surface area is 133 Å². The van der Waals surface area contributed by atoms with Crippen LogP contribution in [0.5, 0.6) is 0 Å². The van der Waals surface area contributed by atoms with E-state index in [4.69, 9.17) is 11.6 Å². The molecule has 0 amide bonds. The zero-order chi connectivity index (χ0) is 14.2. The quantitative estimate of drug-likeness (QED) is 0.827. The minimum atomic E-state index is -0.622. The van der Waals surface area contributed by atoms with Crippen molar-refractivity contribution in [3.8, 4) is 0 Å². The van der Waals surface area contributed by atoms with Gasteiger partial charge in [-0.15, -0.1) is 0 Å². The SMILES string of the molecule is Cc1nn(C)c(Cl)c1CC(O)c1ccc(Br)cc1Br. The predicted molar refractivity (Wildman–Crippen MR) is 83.5 cm³/mol. The minimum Gasteiger partial charge on any atom is -0.388 e. The Morgan fingerprint density at radius 1 is 1.42 bits per heavy atom. The molecule has 1 aromatic heterocycles. The van der Waals surface area contributed by atoms with E-state index in [2.05, 4.69) is 37.0 Å². The summed E-state index contributed by atoms with van der Waals surface area (Å²) >= 11 is 13.0. The van der Waals surface area contributed by atoms with Crippen LogP contribution in [-0.4, -0.2) is 14.9 Å². The summed E-state index contributed by atoms with van der Waals surface area (Å²) in [6, 6.07) is 5.70. The lowest BCUT2D eigenvalue weighted by Crippen LogP contribution is -2.04. The van der Waals surface area contributed by atoms with Gasteiger partial charge in [-0.25, -0.2) is 0 Å². The lowest BCUT2D eigenvalue weighted by atomic mass is 10.0. The first-order chi connectivity index (χ1) is 8.90. The number of aliphatic hydroxyl groups excluding tert-OH is 1. The largest absolute Gasteiger partial charge is 0.388 e. The first-order valence-corrected chi connectivity index (χ1v) is 7.67. The van der Waals surface area contributed by atoms with Gasteiger partial charge in [0.2, 0.25) is 0 Å². The van der Waals surface area contributed by atoms with Crippen molar-refractivity contribution in [2.45, 2.75) is 19.4 Å². The second-order valence-corrected chi connectivity index (χ2v) is 6.49. The van der Waals surface area contributed by atoms with Gasteiger partial charge in [-0.1, -0.05) is 49.5 Å². The lowest BCUT2D eigenvalue weighted by Gasteiger charge is -2.13. The van der Waals surface area contributed by atoms with E-state index in [9.17, 15) is 5.11 Å². The molecule has 1 N–H and O–H groups in total. The van der Waals surface area contributed by atoms with E-state index in [1.54, 1.807) is 11.7 Å². The molecule has 1 heterocycles. The van der Waals surface area contributed by atoms with Gasteiger partial charge in [0.25, 0.3) is 0 Å². The molecular formula is C13H13Br2ClN2O. The van der Waals surface area contributed by atoms with Gasteiger partial charge in [-0.3, -0.25) is 4.68 Å². The van der Waals surface area contributed by atoms with Crippen molar-refractivity contribution in [2.75, 3.05) is 0 Å². The minimum absolute atomic E-state index is 0.443. The Kier molecular flexibility index (Phi) is 4.71. The number of hydrogen-bond donors (Lipinski definition) is 1. The van der Waals surface area contributed by atoms with Crippen molar-refractivity contribution >= 4 is 43.5 Å². The second kappa shape index (κ2) is 5.95. The second-order valence-electron chi connectivity index (χ2n) is 4.36. The Morgan fingerprint density at radius 3 is 2.63 bits per heavy atom. The maximum absolute atomic E-state index is 10.4. The predicted octanol–water partition coefficient (Wildman–Crippen LogP) is 4.18. The first-order valence-electron chi connectivity index (χ1n) is 5.71. The number of aromatic nitrogens is 2. The highest BCUT2D eigenvalue weighted by Gasteiger charge is 2.18. The van der Waals surface area contributed by atoms with Crippen LogP contribution < -0.4 is 0 Å². The van der Waals surface area contributed by atoms with Crippen molar-refractivity contribution in [3.05, 3.63) is 49.1 Å². The van der Waals surface area contributed by atoms with E-state index in [1.807, 2.05) is 25.1 Å². The summed E-state index contributed by atoms with van der Waals surface area (Å²) in [5.41, 5.74) is 2.56. The highest BCUT2D eigenvalue weighted by Crippen LogP contribution is 2.31. The van der Waals surface area contributed by atoms with Crippen LogP contribution in [0.25, 0.3) is 0 Å². The maximum atomic E-state index is 10.4. The summed E-state index contributed by atoms with van der Waals surface area (Å²) in [4.78, 5) is 0. The third kappa shape index (κ3) is 3.21. The summed E-state index contributed by atoms with van der Waals surface area (Å²) in [5.74, 6) is 0. The number of aryl methyl sites for hydroxylation is 2. The normalized spacial score (nSPS) is 12.7. The van der Waals surface area contributed by atoms with E-state index in [1.165, 1.54) is 0 Å². The number of rotatable bonds is 3. The van der Waals surface area contributed by atoms with Crippen LogP contribution >= 0.6 is 43.5 Å². The molecule has 6 heteroatoms. The number of benzene rings is 1. The summed E-state index contributed by atoms with van der Waals surface area (Å²) in [6.45, 7) is 1.89. The fraction of sp³-hybridized carbons (Fsp3) is 0.308. The highest BCUT2D eigenvalue weighted by atomic mass is 79.9. The monoisotopic (exact) mass is 406 g/mol. The molecule has 3 nitrogen and oxygen atoms in total. The molecule has 0 saturated carbocycles. The first kappa shape index (κ1) is 15.0.